The van der Waals surface area contributed by atoms with Crippen LogP contribution in [0, 0.1) is 11.8 Å². The lowest BCUT2D eigenvalue weighted by Gasteiger charge is -2.22. The second-order valence-corrected chi connectivity index (χ2v) is 14.7. The second kappa shape index (κ2) is 21.6. The maximum Gasteiger partial charge on any atom is 0.336 e. The number of thiol groups is 1. The minimum Gasteiger partial charge on any atom is -0.480 e. The number of nitrogen functional groups attached to an aromatic ring is 1. The van der Waals surface area contributed by atoms with E-state index in [9.17, 15) is 34.2 Å². The number of Topliss-reactive ketones (excluding diaryl/α,β-unsaturated/α-hetero) is 1. The lowest BCUT2D eigenvalue weighted by atomic mass is 9.89. The third kappa shape index (κ3) is 13.6. The average Bonchev–Trinajstić information content (AvgIpc) is 3.07. The molecule has 0 aliphatic rings. The molecule has 0 aromatic heterocycles. The van der Waals surface area contributed by atoms with Gasteiger partial charge in [0.1, 0.15) is 6.04 Å². The van der Waals surface area contributed by atoms with Crippen LogP contribution in [0.15, 0.2) is 78.9 Å². The van der Waals surface area contributed by atoms with Crippen molar-refractivity contribution in [1.29, 1.82) is 0 Å². The van der Waals surface area contributed by atoms with Gasteiger partial charge in [0.2, 0.25) is 5.91 Å². The van der Waals surface area contributed by atoms with Gasteiger partial charge < -0.3 is 21.3 Å². The van der Waals surface area contributed by atoms with E-state index in [0.29, 0.717) is 25.0 Å². The Morgan fingerprint density at radius 1 is 0.812 bits per heavy atom. The normalized spacial score (nSPS) is 12.6. The van der Waals surface area contributed by atoms with Gasteiger partial charge in [-0.25, -0.2) is 9.59 Å². The molecule has 9 nitrogen and oxygen atoms in total. The number of nitrogens with two attached hydrogens (primary N) is 1. The van der Waals surface area contributed by atoms with Crippen LogP contribution in [-0.2, 0) is 27.2 Å². The van der Waals surface area contributed by atoms with Crippen molar-refractivity contribution in [3.8, 4) is 0 Å². The van der Waals surface area contributed by atoms with Crippen LogP contribution in [-0.4, -0.2) is 73.6 Å². The lowest BCUT2D eigenvalue weighted by molar-refractivity contribution is -0.142. The van der Waals surface area contributed by atoms with Crippen molar-refractivity contribution < 1.29 is 34.2 Å². The predicted molar refractivity (Wildman–Crippen MR) is 201 cm³/mol. The first-order chi connectivity index (χ1) is 22.9. The smallest absolute Gasteiger partial charge is 0.336 e. The number of hydrogen-bond acceptors (Lipinski definition) is 10. The topological polar surface area (TPSA) is 164 Å². The highest BCUT2D eigenvalue weighted by Gasteiger charge is 2.28. The maximum atomic E-state index is 13.0. The number of carboxylic acid groups (broad SMARTS) is 2. The first-order valence-electron chi connectivity index (χ1n) is 15.0. The van der Waals surface area contributed by atoms with Gasteiger partial charge in [0.15, 0.2) is 10.9 Å². The van der Waals surface area contributed by atoms with Gasteiger partial charge in [-0.2, -0.15) is 36.2 Å². The third-order valence-electron chi connectivity index (χ3n) is 7.24. The summed E-state index contributed by atoms with van der Waals surface area (Å²) < 4.78 is 0.139. The van der Waals surface area contributed by atoms with E-state index in [2.05, 4.69) is 17.9 Å². The zero-order valence-electron chi connectivity index (χ0n) is 27.0. The molecule has 0 spiro atoms. The summed E-state index contributed by atoms with van der Waals surface area (Å²) in [6.07, 6.45) is 5.24. The lowest BCUT2D eigenvalue weighted by Crippen LogP contribution is -2.45. The van der Waals surface area contributed by atoms with Crippen LogP contribution in [0.4, 0.5) is 5.69 Å². The number of carbonyl (C=O) groups is 5. The standard InChI is InChI=1S/C19H19NO4S.C16H23NO3S3/c1-12(21)25-11-14(10-13-6-3-2-4-7-13)18(22)17-15(19(23)24)8-5-9-16(17)20;1-22-14(23-2)9-13(16(19)20)17-15(18)12(10-21)8-11-6-4-3-5-7-11/h2-9,14H,10-11,20H2,1H3,(H,23,24);3-7,12-14,21H,8-10H2,1-2H3,(H,17,18)(H,19,20)/t;12?,13-/m.0/s1. The Labute approximate surface area is 300 Å². The Morgan fingerprint density at radius 2 is 1.35 bits per heavy atom. The summed E-state index contributed by atoms with van der Waals surface area (Å²) in [6, 6.07) is 22.6. The summed E-state index contributed by atoms with van der Waals surface area (Å²) in [5.74, 6) is -3.04. The highest BCUT2D eigenvalue weighted by molar-refractivity contribution is 8.16. The number of thioether (sulfide) groups is 3. The molecule has 3 aromatic carbocycles. The molecule has 3 rings (SSSR count). The molecule has 3 atom stereocenters. The first kappa shape index (κ1) is 40.8. The van der Waals surface area contributed by atoms with Gasteiger partial charge in [-0.05, 0) is 55.0 Å². The summed E-state index contributed by atoms with van der Waals surface area (Å²) in [5.41, 5.74) is 7.91. The number of amides is 1. The minimum atomic E-state index is -1.20. The first-order valence-corrected chi connectivity index (χ1v) is 19.2. The van der Waals surface area contributed by atoms with E-state index in [0.717, 1.165) is 22.9 Å². The average molecular weight is 731 g/mol. The molecule has 0 saturated carbocycles. The van der Waals surface area contributed by atoms with E-state index in [1.807, 2.05) is 73.2 Å². The van der Waals surface area contributed by atoms with Crippen molar-refractivity contribution in [3.05, 3.63) is 101 Å². The molecule has 0 aliphatic heterocycles. The van der Waals surface area contributed by atoms with Gasteiger partial charge >= 0.3 is 11.9 Å². The van der Waals surface area contributed by atoms with Gasteiger partial charge in [-0.1, -0.05) is 78.5 Å². The number of benzene rings is 3. The van der Waals surface area contributed by atoms with E-state index >= 15 is 0 Å². The fraction of sp³-hybridized carbons (Fsp3) is 0.343. The summed E-state index contributed by atoms with van der Waals surface area (Å²) in [7, 11) is 0. The Kier molecular flexibility index (Phi) is 18.3. The molecular formula is C35H42N2O7S4. The third-order valence-corrected chi connectivity index (χ3v) is 11.2. The Bertz CT molecular complexity index is 1510. The fourth-order valence-corrected chi connectivity index (χ4v) is 7.24. The maximum absolute atomic E-state index is 13.0. The van der Waals surface area contributed by atoms with Gasteiger partial charge in [-0.3, -0.25) is 14.4 Å². The molecule has 0 radical (unpaired) electrons. The highest BCUT2D eigenvalue weighted by atomic mass is 32.2. The molecule has 3 aromatic rings. The van der Waals surface area contributed by atoms with Crippen LogP contribution >= 0.6 is 47.9 Å². The van der Waals surface area contributed by atoms with Gasteiger partial charge in [-0.15, -0.1) is 0 Å². The number of aromatic carboxylic acids is 1. The second-order valence-electron chi connectivity index (χ2n) is 10.7. The molecule has 48 heavy (non-hydrogen) atoms. The van der Waals surface area contributed by atoms with Gasteiger partial charge in [0.05, 0.1) is 21.6 Å². The zero-order valence-corrected chi connectivity index (χ0v) is 30.4. The summed E-state index contributed by atoms with van der Waals surface area (Å²) in [5, 5.41) is 21.3. The van der Waals surface area contributed by atoms with E-state index in [1.54, 1.807) is 23.5 Å². The molecule has 258 valence electrons. The minimum absolute atomic E-state index is 0.0140. The monoisotopic (exact) mass is 730 g/mol. The number of carboxylic acids is 2. The number of aliphatic carboxylic acids is 1. The van der Waals surface area contributed by atoms with Crippen LogP contribution in [0.1, 0.15) is 45.2 Å². The molecule has 0 saturated heterocycles. The van der Waals surface area contributed by atoms with Crippen LogP contribution in [0.5, 0.6) is 0 Å². The van der Waals surface area contributed by atoms with Crippen LogP contribution in [0.2, 0.25) is 0 Å². The molecule has 13 heteroatoms. The fourth-order valence-electron chi connectivity index (χ4n) is 4.70. The quantitative estimate of drug-likeness (QED) is 0.0474. The molecule has 0 bridgehead atoms. The highest BCUT2D eigenvalue weighted by Crippen LogP contribution is 2.26. The van der Waals surface area contributed by atoms with Crippen molar-refractivity contribution in [2.45, 2.75) is 36.8 Å². The van der Waals surface area contributed by atoms with E-state index in [1.165, 1.54) is 25.1 Å². The molecule has 2 unspecified atom stereocenters. The molecule has 0 aliphatic carbocycles. The summed E-state index contributed by atoms with van der Waals surface area (Å²) in [4.78, 5) is 59.7. The van der Waals surface area contributed by atoms with Crippen molar-refractivity contribution in [2.24, 2.45) is 11.8 Å². The van der Waals surface area contributed by atoms with E-state index < -0.39 is 23.9 Å². The van der Waals surface area contributed by atoms with Crippen molar-refractivity contribution in [3.63, 3.8) is 0 Å². The van der Waals surface area contributed by atoms with Crippen molar-refractivity contribution >= 4 is 82.3 Å². The van der Waals surface area contributed by atoms with Gasteiger partial charge in [0, 0.05) is 30.0 Å². The number of rotatable bonds is 17. The number of ketones is 1. The van der Waals surface area contributed by atoms with E-state index in [-0.39, 0.29) is 49.9 Å². The summed E-state index contributed by atoms with van der Waals surface area (Å²) in [6.45, 7) is 1.44. The van der Waals surface area contributed by atoms with Crippen LogP contribution in [0.25, 0.3) is 0 Å². The molecule has 5 N–H and O–H groups in total. The Hall–Kier alpha value is -3.39. The van der Waals surface area contributed by atoms with Crippen molar-refractivity contribution in [1.82, 2.24) is 5.32 Å². The summed E-state index contributed by atoms with van der Waals surface area (Å²) >= 11 is 8.49. The molecule has 1 amide bonds. The van der Waals surface area contributed by atoms with Crippen molar-refractivity contribution in [2.75, 3.05) is 29.8 Å². The van der Waals surface area contributed by atoms with Gasteiger partial charge in [0.25, 0.3) is 0 Å². The Balaban J connectivity index is 0.000000335. The van der Waals surface area contributed by atoms with Crippen LogP contribution in [0.3, 0.4) is 0 Å². The largest absolute Gasteiger partial charge is 0.480 e. The van der Waals surface area contributed by atoms with E-state index in [4.69, 9.17) is 5.73 Å². The SMILES string of the molecule is CC(=O)SCC(Cc1ccccc1)C(=O)c1c(N)cccc1C(=O)O.CSC(C[C@H](NC(=O)C(CS)Cc1ccccc1)C(=O)O)SC. The molecule has 0 fully saturated rings. The van der Waals surface area contributed by atoms with Crippen LogP contribution < -0.4 is 11.1 Å². The number of anilines is 1. The number of nitrogens with one attached hydrogen (secondary N) is 1. The predicted octanol–water partition coefficient (Wildman–Crippen LogP) is 6.08. The molecule has 0 heterocycles. The molecular weight excluding hydrogens is 689 g/mol. The Morgan fingerprint density at radius 3 is 1.81 bits per heavy atom. The number of hydrogen-bond donors (Lipinski definition) is 5. The number of carbonyl (C=O) groups excluding carboxylic acids is 3. The zero-order chi connectivity index (χ0) is 35.6.